The highest BCUT2D eigenvalue weighted by molar-refractivity contribution is 6.34. The van der Waals surface area contributed by atoms with Gasteiger partial charge in [0.2, 0.25) is 0 Å². The van der Waals surface area contributed by atoms with Gasteiger partial charge in [-0.15, -0.1) is 0 Å². The first kappa shape index (κ1) is 18.5. The Labute approximate surface area is 159 Å². The van der Waals surface area contributed by atoms with Gasteiger partial charge in [-0.1, -0.05) is 23.2 Å². The van der Waals surface area contributed by atoms with E-state index in [1.54, 1.807) is 39.1 Å². The minimum atomic E-state index is -0.818. The van der Waals surface area contributed by atoms with Crippen molar-refractivity contribution in [2.75, 3.05) is 11.9 Å². The fourth-order valence-electron chi connectivity index (χ4n) is 2.85. The number of ketones is 1. The van der Waals surface area contributed by atoms with Gasteiger partial charge in [-0.05, 0) is 38.1 Å². The summed E-state index contributed by atoms with van der Waals surface area (Å²) in [6.45, 7) is 3.25. The maximum Gasteiger partial charge on any atom is 0.270 e. The standard InChI is InChI=1S/C18H16Cl2N2O4/c1-9(22-8-12(19)7-13(20)18(22)25)16(23)11-4-5-15-14(6-11)21(3)17(24)10(2)26-15/h4-10H,1-3H3. The van der Waals surface area contributed by atoms with Crippen LogP contribution in [0.5, 0.6) is 5.75 Å². The molecule has 6 nitrogen and oxygen atoms in total. The Morgan fingerprint density at radius 2 is 1.92 bits per heavy atom. The average Bonchev–Trinajstić information content (AvgIpc) is 2.61. The maximum absolute atomic E-state index is 12.9. The van der Waals surface area contributed by atoms with Crippen molar-refractivity contribution in [3.05, 3.63) is 56.4 Å². The Balaban J connectivity index is 1.99. The molecule has 136 valence electrons. The first-order valence-corrected chi connectivity index (χ1v) is 8.66. The van der Waals surface area contributed by atoms with Crippen LogP contribution in [-0.4, -0.2) is 29.4 Å². The lowest BCUT2D eigenvalue weighted by molar-refractivity contribution is -0.125. The number of hydrogen-bond donors (Lipinski definition) is 0. The molecule has 26 heavy (non-hydrogen) atoms. The van der Waals surface area contributed by atoms with Crippen LogP contribution in [0, 0.1) is 0 Å². The highest BCUT2D eigenvalue weighted by Gasteiger charge is 2.30. The van der Waals surface area contributed by atoms with Crippen LogP contribution in [0.1, 0.15) is 30.2 Å². The molecular formula is C18H16Cl2N2O4. The van der Waals surface area contributed by atoms with Crippen LogP contribution in [0.15, 0.2) is 35.3 Å². The first-order chi connectivity index (χ1) is 12.2. The largest absolute Gasteiger partial charge is 0.479 e. The lowest BCUT2D eigenvalue weighted by atomic mass is 10.0. The van der Waals surface area contributed by atoms with Crippen molar-refractivity contribution in [3.63, 3.8) is 0 Å². The zero-order chi connectivity index (χ0) is 19.2. The number of nitrogens with zero attached hydrogens (tertiary/aromatic N) is 2. The number of aromatic nitrogens is 1. The highest BCUT2D eigenvalue weighted by atomic mass is 35.5. The molecule has 8 heteroatoms. The van der Waals surface area contributed by atoms with Crippen molar-refractivity contribution in [2.24, 2.45) is 0 Å². The first-order valence-electron chi connectivity index (χ1n) is 7.90. The zero-order valence-corrected chi connectivity index (χ0v) is 15.8. The van der Waals surface area contributed by atoms with Crippen LogP contribution < -0.4 is 15.2 Å². The number of hydrogen-bond acceptors (Lipinski definition) is 4. The summed E-state index contributed by atoms with van der Waals surface area (Å²) in [5, 5.41) is 0.197. The van der Waals surface area contributed by atoms with Crippen molar-refractivity contribution in [2.45, 2.75) is 26.0 Å². The number of benzene rings is 1. The number of pyridine rings is 1. The Morgan fingerprint density at radius 1 is 1.23 bits per heavy atom. The number of likely N-dealkylation sites (N-methyl/N-ethyl adjacent to an activating group) is 1. The average molecular weight is 395 g/mol. The molecule has 2 heterocycles. The maximum atomic E-state index is 12.9. The molecule has 1 amide bonds. The minimum absolute atomic E-state index is 0.0599. The second-order valence-corrected chi connectivity index (χ2v) is 6.94. The van der Waals surface area contributed by atoms with Crippen LogP contribution in [0.25, 0.3) is 0 Å². The van der Waals surface area contributed by atoms with Gasteiger partial charge in [-0.2, -0.15) is 0 Å². The third-order valence-electron chi connectivity index (χ3n) is 4.35. The molecule has 0 saturated carbocycles. The SMILES string of the molecule is CC1Oc2ccc(C(=O)C(C)n3cc(Cl)cc(Cl)c3=O)cc2N(C)C1=O. The van der Waals surface area contributed by atoms with E-state index in [9.17, 15) is 14.4 Å². The molecule has 2 aromatic rings. The fourth-order valence-corrected chi connectivity index (χ4v) is 3.34. The number of carbonyl (C=O) groups is 2. The Morgan fingerprint density at radius 3 is 2.62 bits per heavy atom. The monoisotopic (exact) mass is 394 g/mol. The molecule has 0 aliphatic carbocycles. The van der Waals surface area contributed by atoms with Gasteiger partial charge >= 0.3 is 0 Å². The van der Waals surface area contributed by atoms with Crippen LogP contribution in [0.2, 0.25) is 10.0 Å². The van der Waals surface area contributed by atoms with Gasteiger partial charge in [0.05, 0.1) is 16.8 Å². The van der Waals surface area contributed by atoms with Gasteiger partial charge in [0.25, 0.3) is 11.5 Å². The molecule has 2 atom stereocenters. The van der Waals surface area contributed by atoms with Crippen LogP contribution in [-0.2, 0) is 4.79 Å². The van der Waals surface area contributed by atoms with Crippen molar-refractivity contribution >= 4 is 40.6 Å². The number of rotatable bonds is 3. The Bertz CT molecular complexity index is 970. The molecule has 0 radical (unpaired) electrons. The zero-order valence-electron chi connectivity index (χ0n) is 14.3. The number of ether oxygens (including phenoxy) is 1. The molecule has 3 rings (SSSR count). The Hall–Kier alpha value is -2.31. The fraction of sp³-hybridized carbons (Fsp3) is 0.278. The van der Waals surface area contributed by atoms with Crippen molar-refractivity contribution in [3.8, 4) is 5.75 Å². The molecule has 1 aromatic carbocycles. The van der Waals surface area contributed by atoms with E-state index in [4.69, 9.17) is 27.9 Å². The third-order valence-corrected chi connectivity index (χ3v) is 4.83. The van der Waals surface area contributed by atoms with E-state index in [0.717, 1.165) is 0 Å². The molecule has 1 aromatic heterocycles. The van der Waals surface area contributed by atoms with Crippen molar-refractivity contribution < 1.29 is 14.3 Å². The quantitative estimate of drug-likeness (QED) is 0.748. The van der Waals surface area contributed by atoms with Crippen molar-refractivity contribution in [1.82, 2.24) is 4.57 Å². The molecule has 1 aliphatic rings. The summed E-state index contributed by atoms with van der Waals surface area (Å²) < 4.78 is 6.75. The number of halogens is 2. The van der Waals surface area contributed by atoms with E-state index >= 15 is 0 Å². The minimum Gasteiger partial charge on any atom is -0.479 e. The normalized spacial score (nSPS) is 17.5. The van der Waals surface area contributed by atoms with E-state index < -0.39 is 17.7 Å². The van der Waals surface area contributed by atoms with Crippen LogP contribution >= 0.6 is 23.2 Å². The molecule has 0 N–H and O–H groups in total. The van der Waals surface area contributed by atoms with Crippen molar-refractivity contribution in [1.29, 1.82) is 0 Å². The number of amides is 1. The summed E-state index contributed by atoms with van der Waals surface area (Å²) in [5.74, 6) is 0.00691. The topological polar surface area (TPSA) is 68.6 Å². The molecule has 2 unspecified atom stereocenters. The van der Waals surface area contributed by atoms with Gasteiger partial charge in [0, 0.05) is 18.8 Å². The van der Waals surface area contributed by atoms with Gasteiger partial charge in [0.1, 0.15) is 10.8 Å². The summed E-state index contributed by atoms with van der Waals surface area (Å²) in [4.78, 5) is 38.6. The van der Waals surface area contributed by atoms with Gasteiger partial charge in [0.15, 0.2) is 11.9 Å². The van der Waals surface area contributed by atoms with Crippen LogP contribution in [0.4, 0.5) is 5.69 Å². The lowest BCUT2D eigenvalue weighted by Crippen LogP contribution is -2.42. The molecule has 0 bridgehead atoms. The number of Topliss-reactive ketones (excluding diaryl/α,β-unsaturated/α-hetero) is 1. The number of anilines is 1. The van der Waals surface area contributed by atoms with Gasteiger partial charge in [-0.3, -0.25) is 14.4 Å². The van der Waals surface area contributed by atoms with E-state index in [1.807, 2.05) is 0 Å². The van der Waals surface area contributed by atoms with E-state index in [2.05, 4.69) is 0 Å². The summed E-state index contributed by atoms with van der Waals surface area (Å²) in [6.07, 6.45) is 0.789. The summed E-state index contributed by atoms with van der Waals surface area (Å²) in [6, 6.07) is 5.33. The van der Waals surface area contributed by atoms with E-state index in [1.165, 1.54) is 21.7 Å². The molecule has 0 saturated heterocycles. The predicted octanol–water partition coefficient (Wildman–Crippen LogP) is 3.34. The smallest absolute Gasteiger partial charge is 0.270 e. The second-order valence-electron chi connectivity index (χ2n) is 6.10. The van der Waals surface area contributed by atoms with E-state index in [0.29, 0.717) is 17.0 Å². The van der Waals surface area contributed by atoms with Gasteiger partial charge in [-0.25, -0.2) is 0 Å². The third kappa shape index (κ3) is 3.10. The second kappa shape index (κ2) is 6.78. The molecule has 0 spiro atoms. The summed E-state index contributed by atoms with van der Waals surface area (Å²) in [7, 11) is 1.62. The number of fused-ring (bicyclic) bond motifs is 1. The highest BCUT2D eigenvalue weighted by Crippen LogP contribution is 2.34. The Kier molecular flexibility index (Phi) is 4.82. The molecule has 1 aliphatic heterocycles. The summed E-state index contributed by atoms with van der Waals surface area (Å²) >= 11 is 11.8. The molecule has 0 fully saturated rings. The predicted molar refractivity (Wildman–Crippen MR) is 99.7 cm³/mol. The summed E-state index contributed by atoms with van der Waals surface area (Å²) in [5.41, 5.74) is 0.346. The van der Waals surface area contributed by atoms with Crippen LogP contribution in [0.3, 0.4) is 0 Å². The lowest BCUT2D eigenvalue weighted by Gasteiger charge is -2.30. The number of carbonyl (C=O) groups excluding carboxylic acids is 2. The van der Waals surface area contributed by atoms with Gasteiger partial charge < -0.3 is 14.2 Å². The van der Waals surface area contributed by atoms with E-state index in [-0.39, 0.29) is 21.7 Å². The molecular weight excluding hydrogens is 379 g/mol.